The third kappa shape index (κ3) is 4.53. The van der Waals surface area contributed by atoms with Crippen LogP contribution in [0.1, 0.15) is 48.5 Å². The van der Waals surface area contributed by atoms with E-state index >= 15 is 0 Å². The number of phenols is 1. The number of carbonyl (C=O) groups excluding carboxylic acids is 2. The molecule has 0 bridgehead atoms. The number of piperidine rings is 1. The molecule has 0 radical (unpaired) electrons. The molecule has 4 rings (SSSR count). The van der Waals surface area contributed by atoms with Crippen molar-refractivity contribution in [2.24, 2.45) is 0 Å². The topological polar surface area (TPSA) is 78.9 Å². The number of amides is 1. The van der Waals surface area contributed by atoms with Crippen molar-refractivity contribution in [3.63, 3.8) is 0 Å². The van der Waals surface area contributed by atoms with Crippen LogP contribution in [0.4, 0.5) is 0 Å². The number of fused-ring (bicyclic) bond motifs is 1. The number of hydrogen-bond donors (Lipinski definition) is 2. The molecule has 2 unspecified atom stereocenters. The molecule has 0 spiro atoms. The monoisotopic (exact) mass is 448 g/mol. The van der Waals surface area contributed by atoms with Gasteiger partial charge in [0.1, 0.15) is 11.4 Å². The average Bonchev–Trinajstić information content (AvgIpc) is 2.79. The minimum absolute atomic E-state index is 0.0744. The predicted octanol–water partition coefficient (Wildman–Crippen LogP) is 3.81. The molecule has 2 aromatic rings. The minimum atomic E-state index is -0.748. The standard InChI is InChI=1S/C27H32N2O4/c1-3-15-29-16-14-26(22-10-7-11-24(31)17-22)18-23(12-13-27(26,19-29)33-20(2)30)28-25(32)21-8-5-4-6-9-21/h3-11,17,23,31H,1,12-16,18-19H2,2H3,(H,28,32)/t23-,26?,27?/m1/s1. The molecule has 174 valence electrons. The lowest BCUT2D eigenvalue weighted by atomic mass is 9.55. The summed E-state index contributed by atoms with van der Waals surface area (Å²) < 4.78 is 6.19. The summed E-state index contributed by atoms with van der Waals surface area (Å²) in [7, 11) is 0. The number of nitrogens with one attached hydrogen (secondary N) is 1. The summed E-state index contributed by atoms with van der Waals surface area (Å²) in [6.07, 6.45) is 4.57. The molecule has 1 aliphatic carbocycles. The van der Waals surface area contributed by atoms with Crippen molar-refractivity contribution in [1.82, 2.24) is 10.2 Å². The number of rotatable bonds is 6. The van der Waals surface area contributed by atoms with Crippen molar-refractivity contribution in [3.8, 4) is 5.75 Å². The normalized spacial score (nSPS) is 27.2. The van der Waals surface area contributed by atoms with Crippen molar-refractivity contribution < 1.29 is 19.4 Å². The second-order valence-corrected chi connectivity index (χ2v) is 9.27. The highest BCUT2D eigenvalue weighted by Crippen LogP contribution is 2.54. The van der Waals surface area contributed by atoms with Crippen molar-refractivity contribution in [1.29, 1.82) is 0 Å². The first kappa shape index (κ1) is 23.1. The van der Waals surface area contributed by atoms with Gasteiger partial charge in [-0.2, -0.15) is 0 Å². The fourth-order valence-corrected chi connectivity index (χ4v) is 5.81. The number of ether oxygens (including phenoxy) is 1. The Kier molecular flexibility index (Phi) is 6.56. The Balaban J connectivity index is 1.72. The van der Waals surface area contributed by atoms with Crippen LogP contribution in [0.2, 0.25) is 0 Å². The van der Waals surface area contributed by atoms with Gasteiger partial charge in [0.2, 0.25) is 0 Å². The van der Waals surface area contributed by atoms with Crippen LogP contribution in [0.15, 0.2) is 67.3 Å². The smallest absolute Gasteiger partial charge is 0.303 e. The number of carbonyl (C=O) groups is 2. The first-order valence-corrected chi connectivity index (χ1v) is 11.6. The Morgan fingerprint density at radius 1 is 1.21 bits per heavy atom. The number of benzene rings is 2. The third-order valence-corrected chi connectivity index (χ3v) is 7.19. The number of esters is 1. The largest absolute Gasteiger partial charge is 0.508 e. The SMILES string of the molecule is C=CCN1CCC2(c3cccc(O)c3)C[C@H](NC(=O)c3ccccc3)CCC2(OC(C)=O)C1. The molecule has 3 atom stereocenters. The Hall–Kier alpha value is -3.12. The maximum Gasteiger partial charge on any atom is 0.303 e. The van der Waals surface area contributed by atoms with Gasteiger partial charge >= 0.3 is 5.97 Å². The van der Waals surface area contributed by atoms with Gasteiger partial charge in [-0.05, 0) is 62.1 Å². The van der Waals surface area contributed by atoms with Gasteiger partial charge in [-0.25, -0.2) is 0 Å². The summed E-state index contributed by atoms with van der Waals surface area (Å²) in [5.74, 6) is -0.231. The molecule has 0 aromatic heterocycles. The quantitative estimate of drug-likeness (QED) is 0.519. The second-order valence-electron chi connectivity index (χ2n) is 9.27. The van der Waals surface area contributed by atoms with Gasteiger partial charge in [-0.15, -0.1) is 6.58 Å². The maximum absolute atomic E-state index is 12.9. The van der Waals surface area contributed by atoms with Gasteiger partial charge in [0.15, 0.2) is 0 Å². The van der Waals surface area contributed by atoms with Gasteiger partial charge in [-0.3, -0.25) is 14.5 Å². The van der Waals surface area contributed by atoms with Crippen LogP contribution in [0.3, 0.4) is 0 Å². The van der Waals surface area contributed by atoms with E-state index in [-0.39, 0.29) is 23.7 Å². The van der Waals surface area contributed by atoms with Crippen molar-refractivity contribution in [3.05, 3.63) is 78.4 Å². The Morgan fingerprint density at radius 3 is 2.70 bits per heavy atom. The van der Waals surface area contributed by atoms with Crippen LogP contribution >= 0.6 is 0 Å². The number of aromatic hydroxyl groups is 1. The highest BCUT2D eigenvalue weighted by Gasteiger charge is 2.60. The summed E-state index contributed by atoms with van der Waals surface area (Å²) in [6.45, 7) is 7.45. The first-order chi connectivity index (χ1) is 15.9. The van der Waals surface area contributed by atoms with Gasteiger partial charge in [0, 0.05) is 37.0 Å². The molecule has 1 saturated carbocycles. The van der Waals surface area contributed by atoms with E-state index in [1.807, 2.05) is 36.4 Å². The minimum Gasteiger partial charge on any atom is -0.508 e. The summed E-state index contributed by atoms with van der Waals surface area (Å²) in [6, 6.07) is 16.4. The molecule has 2 aliphatic rings. The van der Waals surface area contributed by atoms with Crippen molar-refractivity contribution >= 4 is 11.9 Å². The highest BCUT2D eigenvalue weighted by molar-refractivity contribution is 5.94. The van der Waals surface area contributed by atoms with E-state index in [0.717, 1.165) is 18.5 Å². The average molecular weight is 449 g/mol. The van der Waals surface area contributed by atoms with E-state index in [4.69, 9.17) is 4.74 Å². The summed E-state index contributed by atoms with van der Waals surface area (Å²) in [5, 5.41) is 13.5. The van der Waals surface area contributed by atoms with Gasteiger partial charge < -0.3 is 15.2 Å². The Labute approximate surface area is 195 Å². The molecule has 6 heteroatoms. The molecular weight excluding hydrogens is 416 g/mol. The summed E-state index contributed by atoms with van der Waals surface area (Å²) in [4.78, 5) is 27.5. The maximum atomic E-state index is 12.9. The van der Waals surface area contributed by atoms with E-state index in [0.29, 0.717) is 37.9 Å². The number of hydrogen-bond acceptors (Lipinski definition) is 5. The van der Waals surface area contributed by atoms with Gasteiger partial charge in [-0.1, -0.05) is 36.4 Å². The van der Waals surface area contributed by atoms with Gasteiger partial charge in [0.25, 0.3) is 5.91 Å². The molecule has 6 nitrogen and oxygen atoms in total. The number of likely N-dealkylation sites (tertiary alicyclic amines) is 1. The lowest BCUT2D eigenvalue weighted by Gasteiger charge is -2.59. The van der Waals surface area contributed by atoms with Crippen LogP contribution in [0, 0.1) is 0 Å². The lowest BCUT2D eigenvalue weighted by molar-refractivity contribution is -0.186. The van der Waals surface area contributed by atoms with Crippen molar-refractivity contribution in [2.75, 3.05) is 19.6 Å². The van der Waals surface area contributed by atoms with E-state index < -0.39 is 11.0 Å². The molecular formula is C27H32N2O4. The molecule has 1 amide bonds. The highest BCUT2D eigenvalue weighted by atomic mass is 16.6. The summed E-state index contributed by atoms with van der Waals surface area (Å²) >= 11 is 0. The van der Waals surface area contributed by atoms with Crippen LogP contribution in [-0.2, 0) is 14.9 Å². The third-order valence-electron chi connectivity index (χ3n) is 7.19. The van der Waals surface area contributed by atoms with E-state index in [1.54, 1.807) is 24.3 Å². The molecule has 1 saturated heterocycles. The molecule has 1 heterocycles. The fraction of sp³-hybridized carbons (Fsp3) is 0.407. The van der Waals surface area contributed by atoms with Crippen LogP contribution in [-0.4, -0.2) is 53.2 Å². The second kappa shape index (κ2) is 9.40. The molecule has 1 aliphatic heterocycles. The van der Waals surface area contributed by atoms with Crippen LogP contribution < -0.4 is 5.32 Å². The lowest BCUT2D eigenvalue weighted by Crippen LogP contribution is -2.68. The van der Waals surface area contributed by atoms with E-state index in [2.05, 4.69) is 16.8 Å². The van der Waals surface area contributed by atoms with Crippen LogP contribution in [0.5, 0.6) is 5.75 Å². The van der Waals surface area contributed by atoms with E-state index in [9.17, 15) is 14.7 Å². The summed E-state index contributed by atoms with van der Waals surface area (Å²) in [5.41, 5.74) is 0.297. The first-order valence-electron chi connectivity index (χ1n) is 11.6. The Morgan fingerprint density at radius 2 is 2.00 bits per heavy atom. The molecule has 33 heavy (non-hydrogen) atoms. The zero-order valence-electron chi connectivity index (χ0n) is 19.1. The molecule has 2 fully saturated rings. The zero-order valence-corrected chi connectivity index (χ0v) is 19.1. The van der Waals surface area contributed by atoms with Gasteiger partial charge in [0.05, 0.1) is 0 Å². The molecule has 2 N–H and O–H groups in total. The van der Waals surface area contributed by atoms with Crippen molar-refractivity contribution in [2.45, 2.75) is 49.7 Å². The van der Waals surface area contributed by atoms with E-state index in [1.165, 1.54) is 6.92 Å². The Bertz CT molecular complexity index is 1020. The predicted molar refractivity (Wildman–Crippen MR) is 127 cm³/mol. The van der Waals surface area contributed by atoms with Crippen LogP contribution in [0.25, 0.3) is 0 Å². The molecule has 2 aromatic carbocycles. The number of nitrogens with zero attached hydrogens (tertiary/aromatic N) is 1. The number of phenolic OH excluding ortho intramolecular Hbond substituents is 1. The zero-order chi connectivity index (χ0) is 23.5. The fourth-order valence-electron chi connectivity index (χ4n) is 5.81.